The third-order valence-electron chi connectivity index (χ3n) is 6.17. The molecule has 1 heterocycles. The van der Waals surface area contributed by atoms with Crippen LogP contribution in [0.3, 0.4) is 0 Å². The van der Waals surface area contributed by atoms with E-state index in [0.717, 1.165) is 27.9 Å². The van der Waals surface area contributed by atoms with Crippen LogP contribution in [0.25, 0.3) is 22.3 Å². The molecular weight excluding hydrogens is 513 g/mol. The van der Waals surface area contributed by atoms with Crippen molar-refractivity contribution in [2.75, 3.05) is 10.6 Å². The van der Waals surface area contributed by atoms with Crippen LogP contribution in [0.5, 0.6) is 5.75 Å². The first-order valence-electron chi connectivity index (χ1n) is 11.9. The summed E-state index contributed by atoms with van der Waals surface area (Å²) in [6.45, 7) is 11.0. The quantitative estimate of drug-likeness (QED) is 0.291. The Morgan fingerprint density at radius 3 is 2.27 bits per heavy atom. The number of phenolic OH excluding ortho intramolecular Hbond substituents is 1. The first-order valence-corrected chi connectivity index (χ1v) is 13.4. The lowest BCUT2D eigenvalue weighted by molar-refractivity contribution is -0.136. The molecule has 198 valence electrons. The molecule has 3 N–H and O–H groups in total. The van der Waals surface area contributed by atoms with E-state index >= 15 is 4.39 Å². The smallest absolute Gasteiger partial charge is 0.307 e. The van der Waals surface area contributed by atoms with Gasteiger partial charge < -0.3 is 19.6 Å². The van der Waals surface area contributed by atoms with Gasteiger partial charge in [0, 0.05) is 28.0 Å². The van der Waals surface area contributed by atoms with Gasteiger partial charge in [-0.1, -0.05) is 35.7 Å². The average Bonchev–Trinajstić information content (AvgIpc) is 2.77. The molecule has 0 spiro atoms. The molecule has 0 saturated heterocycles. The molecule has 3 aromatic rings. The molecule has 0 radical (unpaired) electrons. The van der Waals surface area contributed by atoms with Gasteiger partial charge in [-0.25, -0.2) is 4.39 Å². The third kappa shape index (κ3) is 5.89. The maximum Gasteiger partial charge on any atom is 0.307 e. The van der Waals surface area contributed by atoms with Crippen LogP contribution in [0.4, 0.5) is 10.1 Å². The van der Waals surface area contributed by atoms with Gasteiger partial charge in [-0.15, -0.1) is 0 Å². The predicted octanol–water partition coefficient (Wildman–Crippen LogP) is 7.70. The van der Waals surface area contributed by atoms with Crippen molar-refractivity contribution in [3.63, 3.8) is 0 Å². The molecule has 37 heavy (non-hydrogen) atoms. The summed E-state index contributed by atoms with van der Waals surface area (Å²) in [7, 11) is 0. The van der Waals surface area contributed by atoms with Gasteiger partial charge in [-0.3, -0.25) is 4.79 Å². The standard InChI is InChI=1S/C25H23ClFNO3S.C4H10O/c1-12-18(11-21(30)31)22(17-9-8-15(26)10-20(17)29)13(2)23-24-16(6-5-7-19(24)27)14(3)28(32-4)25(12)23;1-4(2,3)5/h5-10,14,29H,11H2,1-4H3,(H,30,31);5H,1-3H3. The summed E-state index contributed by atoms with van der Waals surface area (Å²) in [6.07, 6.45) is 1.73. The minimum Gasteiger partial charge on any atom is -0.507 e. The normalized spacial score (nSPS) is 14.4. The van der Waals surface area contributed by atoms with Gasteiger partial charge in [0.2, 0.25) is 0 Å². The largest absolute Gasteiger partial charge is 0.507 e. The number of phenols is 1. The minimum atomic E-state index is -0.978. The highest BCUT2D eigenvalue weighted by Gasteiger charge is 2.35. The number of fused-ring (bicyclic) bond motifs is 3. The molecule has 1 unspecified atom stereocenters. The van der Waals surface area contributed by atoms with Crippen LogP contribution in [-0.2, 0) is 11.2 Å². The van der Waals surface area contributed by atoms with Crippen molar-refractivity contribution in [1.29, 1.82) is 0 Å². The van der Waals surface area contributed by atoms with Crippen molar-refractivity contribution >= 4 is 35.2 Å². The van der Waals surface area contributed by atoms with Crippen LogP contribution in [-0.4, -0.2) is 33.1 Å². The molecule has 0 fully saturated rings. The molecule has 0 aromatic heterocycles. The zero-order valence-electron chi connectivity index (χ0n) is 22.1. The zero-order chi connectivity index (χ0) is 27.8. The molecule has 1 atom stereocenters. The van der Waals surface area contributed by atoms with Crippen LogP contribution in [0.1, 0.15) is 56.0 Å². The fraction of sp³-hybridized carbons (Fsp3) is 0.345. The van der Waals surface area contributed by atoms with Gasteiger partial charge in [0.15, 0.2) is 0 Å². The van der Waals surface area contributed by atoms with Crippen molar-refractivity contribution in [1.82, 2.24) is 0 Å². The Bertz CT molecular complexity index is 1350. The molecule has 0 bridgehead atoms. The molecule has 5 nitrogen and oxygen atoms in total. The van der Waals surface area contributed by atoms with Gasteiger partial charge in [0.25, 0.3) is 0 Å². The van der Waals surface area contributed by atoms with E-state index in [1.54, 1.807) is 39.0 Å². The molecule has 1 aliphatic heterocycles. The first-order chi connectivity index (χ1) is 17.2. The molecule has 1 aliphatic rings. The second-order valence-corrected chi connectivity index (χ2v) is 11.3. The van der Waals surface area contributed by atoms with Crippen molar-refractivity contribution in [2.45, 2.75) is 59.6 Å². The van der Waals surface area contributed by atoms with Crippen LogP contribution in [0.15, 0.2) is 36.4 Å². The number of rotatable bonds is 4. The summed E-state index contributed by atoms with van der Waals surface area (Å²) in [4.78, 5) is 11.8. The number of hydrogen-bond donors (Lipinski definition) is 3. The fourth-order valence-electron chi connectivity index (χ4n) is 4.80. The summed E-state index contributed by atoms with van der Waals surface area (Å²) in [5.41, 5.74) is 5.57. The number of carboxylic acid groups (broad SMARTS) is 1. The second-order valence-electron chi connectivity index (χ2n) is 10.1. The lowest BCUT2D eigenvalue weighted by atomic mass is 9.79. The number of aliphatic hydroxyl groups is 1. The predicted molar refractivity (Wildman–Crippen MR) is 151 cm³/mol. The molecule has 0 saturated carbocycles. The van der Waals surface area contributed by atoms with Crippen LogP contribution in [0.2, 0.25) is 5.02 Å². The van der Waals surface area contributed by atoms with E-state index in [9.17, 15) is 15.0 Å². The lowest BCUT2D eigenvalue weighted by Crippen LogP contribution is -2.26. The van der Waals surface area contributed by atoms with Gasteiger partial charge in [0.05, 0.1) is 23.8 Å². The molecule has 4 rings (SSSR count). The molecule has 0 aliphatic carbocycles. The van der Waals surface area contributed by atoms with E-state index in [0.29, 0.717) is 27.3 Å². The first kappa shape index (κ1) is 28.8. The number of halogens is 2. The number of hydrogen-bond acceptors (Lipinski definition) is 5. The van der Waals surface area contributed by atoms with Gasteiger partial charge in [-0.05, 0) is 93.6 Å². The van der Waals surface area contributed by atoms with Gasteiger partial charge >= 0.3 is 5.97 Å². The Morgan fingerprint density at radius 2 is 1.73 bits per heavy atom. The summed E-state index contributed by atoms with van der Waals surface area (Å²) in [5, 5.41) is 29.3. The highest BCUT2D eigenvalue weighted by atomic mass is 35.5. The molecule has 3 aromatic carbocycles. The molecular formula is C29H33ClFNO4S. The lowest BCUT2D eigenvalue weighted by Gasteiger charge is -2.40. The highest BCUT2D eigenvalue weighted by Crippen LogP contribution is 2.54. The molecule has 8 heteroatoms. The number of aromatic hydroxyl groups is 1. The van der Waals surface area contributed by atoms with E-state index < -0.39 is 11.6 Å². The Balaban J connectivity index is 0.000000695. The average molecular weight is 546 g/mol. The maximum absolute atomic E-state index is 15.3. The number of anilines is 1. The minimum absolute atomic E-state index is 0.0498. The van der Waals surface area contributed by atoms with Crippen molar-refractivity contribution < 1.29 is 24.5 Å². The Kier molecular flexibility index (Phi) is 8.52. The zero-order valence-corrected chi connectivity index (χ0v) is 23.7. The summed E-state index contributed by atoms with van der Waals surface area (Å²) >= 11 is 7.56. The Hall–Kier alpha value is -2.74. The van der Waals surface area contributed by atoms with Crippen LogP contribution in [0, 0.1) is 19.7 Å². The van der Waals surface area contributed by atoms with E-state index in [4.69, 9.17) is 16.7 Å². The van der Waals surface area contributed by atoms with E-state index in [1.165, 1.54) is 24.1 Å². The number of carboxylic acids is 1. The second kappa shape index (κ2) is 10.9. The fourth-order valence-corrected chi connectivity index (χ4v) is 5.81. The SMILES string of the molecule is CC(C)(C)O.CSN1c2c(C)c(CC(=O)O)c(-c3ccc(Cl)cc3O)c(C)c2-c2c(F)cccc2C1C. The third-order valence-corrected chi connectivity index (χ3v) is 7.30. The Morgan fingerprint density at radius 1 is 1.11 bits per heavy atom. The van der Waals surface area contributed by atoms with E-state index in [1.807, 2.05) is 33.1 Å². The maximum atomic E-state index is 15.3. The highest BCUT2D eigenvalue weighted by molar-refractivity contribution is 8.00. The van der Waals surface area contributed by atoms with Gasteiger partial charge in [0.1, 0.15) is 11.6 Å². The van der Waals surface area contributed by atoms with Crippen molar-refractivity contribution in [3.05, 3.63) is 69.5 Å². The van der Waals surface area contributed by atoms with Crippen molar-refractivity contribution in [2.24, 2.45) is 0 Å². The number of benzene rings is 3. The summed E-state index contributed by atoms with van der Waals surface area (Å²) in [6, 6.07) is 9.74. The summed E-state index contributed by atoms with van der Waals surface area (Å²) in [5.74, 6) is -1.35. The number of aliphatic carboxylic acids is 1. The monoisotopic (exact) mass is 545 g/mol. The Labute approximate surface area is 227 Å². The van der Waals surface area contributed by atoms with Crippen molar-refractivity contribution in [3.8, 4) is 28.0 Å². The van der Waals surface area contributed by atoms with Crippen LogP contribution < -0.4 is 4.31 Å². The summed E-state index contributed by atoms with van der Waals surface area (Å²) < 4.78 is 17.4. The topological polar surface area (TPSA) is 81.0 Å². The molecule has 0 amide bonds. The van der Waals surface area contributed by atoms with Crippen LogP contribution >= 0.6 is 23.5 Å². The van der Waals surface area contributed by atoms with E-state index in [2.05, 4.69) is 4.31 Å². The number of nitrogens with zero attached hydrogens (tertiary/aromatic N) is 1. The van der Waals surface area contributed by atoms with E-state index in [-0.39, 0.29) is 24.0 Å². The van der Waals surface area contributed by atoms with Gasteiger partial charge in [-0.2, -0.15) is 0 Å². The number of carbonyl (C=O) groups is 1.